The molecule has 2 aromatic heterocycles. The Labute approximate surface area is 103 Å². The van der Waals surface area contributed by atoms with Gasteiger partial charge in [0.05, 0.1) is 6.20 Å². The zero-order chi connectivity index (χ0) is 12.8. The molecule has 0 N–H and O–H groups in total. The van der Waals surface area contributed by atoms with Crippen molar-refractivity contribution in [3.8, 4) is 0 Å². The molecule has 5 nitrogen and oxygen atoms in total. The molecule has 0 radical (unpaired) electrons. The highest BCUT2D eigenvalue weighted by atomic mass is 35.7. The van der Waals surface area contributed by atoms with E-state index in [2.05, 4.69) is 9.97 Å². The van der Waals surface area contributed by atoms with Gasteiger partial charge in [-0.3, -0.25) is 0 Å². The van der Waals surface area contributed by atoms with Crippen molar-refractivity contribution in [1.82, 2.24) is 9.97 Å². The third-order valence-electron chi connectivity index (χ3n) is 2.15. The summed E-state index contributed by atoms with van der Waals surface area (Å²) < 4.78 is 27.7. The van der Waals surface area contributed by atoms with Crippen LogP contribution in [-0.2, 0) is 14.5 Å². The van der Waals surface area contributed by atoms with Crippen LogP contribution in [0.25, 0.3) is 11.2 Å². The van der Waals surface area contributed by atoms with Gasteiger partial charge in [-0.25, -0.2) is 18.4 Å². The first-order valence-corrected chi connectivity index (χ1v) is 7.20. The fraction of sp³-hybridized carbons (Fsp3) is 0.400. The van der Waals surface area contributed by atoms with Crippen LogP contribution in [0.4, 0.5) is 0 Å². The second kappa shape index (κ2) is 3.68. The summed E-state index contributed by atoms with van der Waals surface area (Å²) in [4.78, 5) is 8.01. The number of hydrogen-bond acceptors (Lipinski definition) is 5. The molecule has 2 aromatic rings. The summed E-state index contributed by atoms with van der Waals surface area (Å²) in [7, 11) is 1.44. The summed E-state index contributed by atoms with van der Waals surface area (Å²) in [5, 5.41) is 0. The zero-order valence-electron chi connectivity index (χ0n) is 9.56. The lowest BCUT2D eigenvalue weighted by Crippen LogP contribution is -2.10. The molecule has 0 bridgehead atoms. The Morgan fingerprint density at radius 3 is 2.53 bits per heavy atom. The van der Waals surface area contributed by atoms with Gasteiger partial charge >= 0.3 is 0 Å². The second-order valence-corrected chi connectivity index (χ2v) is 7.27. The predicted octanol–water partition coefficient (Wildman–Crippen LogP) is 2.45. The molecule has 7 heteroatoms. The van der Waals surface area contributed by atoms with Crippen molar-refractivity contribution in [3.63, 3.8) is 0 Å². The molecule has 0 aliphatic carbocycles. The van der Waals surface area contributed by atoms with Crippen LogP contribution in [0, 0.1) is 0 Å². The SMILES string of the molecule is CC(C)(C)c1nc2cc(S(=O)(=O)Cl)cnc2o1. The molecule has 0 saturated heterocycles. The van der Waals surface area contributed by atoms with Crippen molar-refractivity contribution in [2.75, 3.05) is 0 Å². The highest BCUT2D eigenvalue weighted by Gasteiger charge is 2.22. The van der Waals surface area contributed by atoms with Gasteiger partial charge in [0.15, 0.2) is 0 Å². The van der Waals surface area contributed by atoms with Crippen molar-refractivity contribution in [1.29, 1.82) is 0 Å². The number of fused-ring (bicyclic) bond motifs is 1. The summed E-state index contributed by atoms with van der Waals surface area (Å²) in [6, 6.07) is 1.35. The Morgan fingerprint density at radius 1 is 1.35 bits per heavy atom. The van der Waals surface area contributed by atoms with Crippen molar-refractivity contribution in [2.24, 2.45) is 0 Å². The summed E-state index contributed by atoms with van der Waals surface area (Å²) in [6.07, 6.45) is 1.16. The van der Waals surface area contributed by atoms with E-state index in [-0.39, 0.29) is 10.3 Å². The quantitative estimate of drug-likeness (QED) is 0.747. The Balaban J connectivity index is 2.64. The molecule has 0 unspecified atom stereocenters. The van der Waals surface area contributed by atoms with E-state index in [1.807, 2.05) is 20.8 Å². The van der Waals surface area contributed by atoms with E-state index in [0.29, 0.717) is 17.1 Å². The Bertz CT molecular complexity index is 670. The van der Waals surface area contributed by atoms with Crippen LogP contribution in [-0.4, -0.2) is 18.4 Å². The summed E-state index contributed by atoms with van der Waals surface area (Å²) in [6.45, 7) is 5.82. The van der Waals surface area contributed by atoms with Gasteiger partial charge in [-0.15, -0.1) is 0 Å². The monoisotopic (exact) mass is 274 g/mol. The van der Waals surface area contributed by atoms with Crippen molar-refractivity contribution in [3.05, 3.63) is 18.2 Å². The minimum absolute atomic E-state index is 0.0829. The van der Waals surface area contributed by atoms with Crippen LogP contribution < -0.4 is 0 Å². The maximum absolute atomic E-state index is 11.1. The topological polar surface area (TPSA) is 73.1 Å². The van der Waals surface area contributed by atoms with Gasteiger partial charge in [0.1, 0.15) is 10.4 Å². The molecule has 92 valence electrons. The van der Waals surface area contributed by atoms with Crippen LogP contribution in [0.1, 0.15) is 26.7 Å². The van der Waals surface area contributed by atoms with E-state index in [9.17, 15) is 8.42 Å². The number of pyridine rings is 1. The second-order valence-electron chi connectivity index (χ2n) is 4.70. The smallest absolute Gasteiger partial charge is 0.262 e. The molecule has 0 amide bonds. The molecule has 0 aliphatic heterocycles. The molecule has 17 heavy (non-hydrogen) atoms. The first-order valence-electron chi connectivity index (χ1n) is 4.90. The third kappa shape index (κ3) is 2.42. The van der Waals surface area contributed by atoms with Gasteiger partial charge in [0.2, 0.25) is 11.6 Å². The first kappa shape index (κ1) is 12.3. The van der Waals surface area contributed by atoms with E-state index in [4.69, 9.17) is 15.1 Å². The highest BCUT2D eigenvalue weighted by Crippen LogP contribution is 2.26. The number of aromatic nitrogens is 2. The van der Waals surface area contributed by atoms with Crippen LogP contribution in [0.3, 0.4) is 0 Å². The van der Waals surface area contributed by atoms with E-state index in [1.54, 1.807) is 0 Å². The van der Waals surface area contributed by atoms with Crippen LogP contribution >= 0.6 is 10.7 Å². The first-order chi connectivity index (χ1) is 7.68. The highest BCUT2D eigenvalue weighted by molar-refractivity contribution is 8.13. The minimum atomic E-state index is -3.79. The Hall–Kier alpha value is -1.14. The van der Waals surface area contributed by atoms with Crippen LogP contribution in [0.5, 0.6) is 0 Å². The summed E-state index contributed by atoms with van der Waals surface area (Å²) in [5.74, 6) is 0.504. The van der Waals surface area contributed by atoms with Gasteiger partial charge in [0, 0.05) is 16.1 Å². The van der Waals surface area contributed by atoms with Gasteiger partial charge in [-0.1, -0.05) is 20.8 Å². The maximum Gasteiger partial charge on any atom is 0.262 e. The average molecular weight is 275 g/mol. The number of halogens is 1. The number of hydrogen-bond donors (Lipinski definition) is 0. The standard InChI is InChI=1S/C10H11ClN2O3S/c1-10(2,3)9-13-7-4-6(17(11,14)15)5-12-8(7)16-9/h4-5H,1-3H3. The lowest BCUT2D eigenvalue weighted by Gasteiger charge is -2.11. The van der Waals surface area contributed by atoms with E-state index in [0.717, 1.165) is 6.20 Å². The fourth-order valence-electron chi connectivity index (χ4n) is 1.26. The largest absolute Gasteiger partial charge is 0.422 e. The molecule has 0 fully saturated rings. The number of nitrogens with zero attached hydrogens (tertiary/aromatic N) is 2. The molecule has 2 heterocycles. The fourth-order valence-corrected chi connectivity index (χ4v) is 1.94. The predicted molar refractivity (Wildman–Crippen MR) is 63.5 cm³/mol. The molecular weight excluding hydrogens is 264 g/mol. The van der Waals surface area contributed by atoms with Gasteiger partial charge in [-0.2, -0.15) is 0 Å². The van der Waals surface area contributed by atoms with Crippen molar-refractivity contribution < 1.29 is 12.8 Å². The maximum atomic E-state index is 11.1. The molecule has 0 saturated carbocycles. The third-order valence-corrected chi connectivity index (χ3v) is 3.47. The van der Waals surface area contributed by atoms with Crippen LogP contribution in [0.2, 0.25) is 0 Å². The molecule has 0 atom stereocenters. The number of oxazole rings is 1. The summed E-state index contributed by atoms with van der Waals surface area (Å²) in [5.41, 5.74) is 0.427. The number of rotatable bonds is 1. The Morgan fingerprint density at radius 2 is 2.00 bits per heavy atom. The van der Waals surface area contributed by atoms with Crippen molar-refractivity contribution >= 4 is 31.0 Å². The normalized spacial score (nSPS) is 13.2. The minimum Gasteiger partial charge on any atom is -0.422 e. The lowest BCUT2D eigenvalue weighted by atomic mass is 9.97. The lowest BCUT2D eigenvalue weighted by molar-refractivity contribution is 0.407. The zero-order valence-corrected chi connectivity index (χ0v) is 11.1. The summed E-state index contributed by atoms with van der Waals surface area (Å²) >= 11 is 0. The van der Waals surface area contributed by atoms with Gasteiger partial charge < -0.3 is 4.42 Å². The van der Waals surface area contributed by atoms with Crippen molar-refractivity contribution in [2.45, 2.75) is 31.1 Å². The van der Waals surface area contributed by atoms with Gasteiger partial charge in [0.25, 0.3) is 9.05 Å². The molecular formula is C10H11ClN2O3S. The van der Waals surface area contributed by atoms with Gasteiger partial charge in [-0.05, 0) is 6.07 Å². The molecule has 2 rings (SSSR count). The molecule has 0 aromatic carbocycles. The van der Waals surface area contributed by atoms with E-state index < -0.39 is 9.05 Å². The average Bonchev–Trinajstić information content (AvgIpc) is 2.57. The molecule has 0 aliphatic rings. The van der Waals surface area contributed by atoms with E-state index >= 15 is 0 Å². The Kier molecular flexibility index (Phi) is 2.67. The molecule has 0 spiro atoms. The van der Waals surface area contributed by atoms with Crippen LogP contribution in [0.15, 0.2) is 21.6 Å². The van der Waals surface area contributed by atoms with E-state index in [1.165, 1.54) is 6.07 Å².